The van der Waals surface area contributed by atoms with Gasteiger partial charge in [0.05, 0.1) is 0 Å². The first-order valence-electron chi connectivity index (χ1n) is 12.9. The van der Waals surface area contributed by atoms with Crippen LogP contribution in [0.2, 0.25) is 0 Å². The van der Waals surface area contributed by atoms with E-state index in [1.807, 2.05) is 24.3 Å². The van der Waals surface area contributed by atoms with Crippen molar-refractivity contribution in [2.24, 2.45) is 23.7 Å². The van der Waals surface area contributed by atoms with Crippen LogP contribution in [0.5, 0.6) is 0 Å². The Morgan fingerprint density at radius 3 is 1.45 bits per heavy atom. The minimum Gasteiger partial charge on any atom is -0.326 e. The highest BCUT2D eigenvalue weighted by Crippen LogP contribution is 2.43. The van der Waals surface area contributed by atoms with Crippen molar-refractivity contribution in [1.82, 2.24) is 0 Å². The van der Waals surface area contributed by atoms with Crippen molar-refractivity contribution in [3.8, 4) is 0 Å². The number of amides is 2. The first kappa shape index (κ1) is 23.5. The van der Waals surface area contributed by atoms with E-state index >= 15 is 0 Å². The van der Waals surface area contributed by atoms with Gasteiger partial charge in [-0.05, 0) is 79.3 Å². The molecule has 0 radical (unpaired) electrons. The molecule has 4 rings (SSSR count). The first-order valence-corrected chi connectivity index (χ1v) is 12.9. The van der Waals surface area contributed by atoms with Crippen LogP contribution in [0.25, 0.3) is 0 Å². The molecule has 2 N–H and O–H groups in total. The van der Waals surface area contributed by atoms with Crippen molar-refractivity contribution < 1.29 is 9.59 Å². The van der Waals surface area contributed by atoms with Crippen molar-refractivity contribution in [1.29, 1.82) is 0 Å². The van der Waals surface area contributed by atoms with Crippen molar-refractivity contribution in [3.05, 3.63) is 59.7 Å². The normalized spacial score (nSPS) is 23.1. The van der Waals surface area contributed by atoms with Crippen LogP contribution in [0, 0.1) is 23.7 Å². The fourth-order valence-corrected chi connectivity index (χ4v) is 4.83. The molecule has 0 saturated heterocycles. The van der Waals surface area contributed by atoms with E-state index in [2.05, 4.69) is 48.7 Å². The molecule has 2 saturated carbocycles. The highest BCUT2D eigenvalue weighted by Gasteiger charge is 2.42. The standard InChI is InChI=1S/C29H38N2O2/c1-3-5-7-22-18-26(22)28(32)30-24-13-9-20(10-14-24)17-21-11-15-25(16-12-21)31-29(33)27-19-23(27)8-6-4-2/h9-16,22-23,26-27H,3-8,17-19H2,1-2H3,(H,30,32)(H,31,33). The van der Waals surface area contributed by atoms with Gasteiger partial charge in [0, 0.05) is 23.2 Å². The maximum Gasteiger partial charge on any atom is 0.227 e. The smallest absolute Gasteiger partial charge is 0.227 e. The average molecular weight is 447 g/mol. The quantitative estimate of drug-likeness (QED) is 0.376. The Kier molecular flexibility index (Phi) is 7.85. The van der Waals surface area contributed by atoms with Gasteiger partial charge in [0.25, 0.3) is 0 Å². The fourth-order valence-electron chi connectivity index (χ4n) is 4.83. The van der Waals surface area contributed by atoms with E-state index < -0.39 is 0 Å². The first-order chi connectivity index (χ1) is 16.1. The molecular weight excluding hydrogens is 408 g/mol. The second kappa shape index (κ2) is 11.0. The van der Waals surface area contributed by atoms with Crippen LogP contribution in [-0.4, -0.2) is 11.8 Å². The van der Waals surface area contributed by atoms with E-state index in [1.165, 1.54) is 49.7 Å². The average Bonchev–Trinajstić information content (AvgIpc) is 3.74. The molecule has 0 aliphatic heterocycles. The molecule has 2 aliphatic rings. The maximum atomic E-state index is 12.4. The number of nitrogens with one attached hydrogen (secondary N) is 2. The third-order valence-corrected chi connectivity index (χ3v) is 7.23. The van der Waals surface area contributed by atoms with Gasteiger partial charge in [-0.2, -0.15) is 0 Å². The van der Waals surface area contributed by atoms with Crippen LogP contribution in [-0.2, 0) is 16.0 Å². The Morgan fingerprint density at radius 2 is 1.09 bits per heavy atom. The molecule has 4 nitrogen and oxygen atoms in total. The van der Waals surface area contributed by atoms with Crippen molar-refractivity contribution in [3.63, 3.8) is 0 Å². The molecule has 0 aromatic heterocycles. The molecule has 176 valence electrons. The van der Waals surface area contributed by atoms with Crippen LogP contribution in [0.3, 0.4) is 0 Å². The number of benzene rings is 2. The van der Waals surface area contributed by atoms with Crippen LogP contribution in [0.15, 0.2) is 48.5 Å². The molecule has 33 heavy (non-hydrogen) atoms. The molecule has 4 atom stereocenters. The molecular formula is C29H38N2O2. The molecule has 0 bridgehead atoms. The van der Waals surface area contributed by atoms with Crippen molar-refractivity contribution >= 4 is 23.2 Å². The number of rotatable bonds is 12. The number of unbranched alkanes of at least 4 members (excludes halogenated alkanes) is 2. The topological polar surface area (TPSA) is 58.2 Å². The van der Waals surface area contributed by atoms with Gasteiger partial charge in [0.2, 0.25) is 11.8 Å². The van der Waals surface area contributed by atoms with E-state index in [0.717, 1.165) is 30.6 Å². The molecule has 2 aromatic rings. The number of hydrogen-bond donors (Lipinski definition) is 2. The second-order valence-electron chi connectivity index (χ2n) is 10.0. The summed E-state index contributed by atoms with van der Waals surface area (Å²) in [5.74, 6) is 1.93. The van der Waals surface area contributed by atoms with Gasteiger partial charge in [-0.15, -0.1) is 0 Å². The second-order valence-corrected chi connectivity index (χ2v) is 10.0. The summed E-state index contributed by atoms with van der Waals surface area (Å²) in [6.45, 7) is 4.40. The summed E-state index contributed by atoms with van der Waals surface area (Å²) in [6.07, 6.45) is 10.1. The van der Waals surface area contributed by atoms with E-state index in [-0.39, 0.29) is 23.7 Å². The predicted octanol–water partition coefficient (Wildman–Crippen LogP) is 6.81. The van der Waals surface area contributed by atoms with Gasteiger partial charge >= 0.3 is 0 Å². The fraction of sp³-hybridized carbons (Fsp3) is 0.517. The summed E-state index contributed by atoms with van der Waals surface area (Å²) in [5, 5.41) is 6.15. The van der Waals surface area contributed by atoms with Crippen molar-refractivity contribution in [2.75, 3.05) is 10.6 Å². The van der Waals surface area contributed by atoms with Gasteiger partial charge in [-0.3, -0.25) is 9.59 Å². The number of hydrogen-bond acceptors (Lipinski definition) is 2. The molecule has 2 amide bonds. The Balaban J connectivity index is 1.22. The predicted molar refractivity (Wildman–Crippen MR) is 135 cm³/mol. The maximum absolute atomic E-state index is 12.4. The minimum absolute atomic E-state index is 0.171. The lowest BCUT2D eigenvalue weighted by molar-refractivity contribution is -0.118. The summed E-state index contributed by atoms with van der Waals surface area (Å²) in [4.78, 5) is 24.8. The Hall–Kier alpha value is -2.62. The molecule has 0 spiro atoms. The van der Waals surface area contributed by atoms with E-state index in [0.29, 0.717) is 11.8 Å². The lowest BCUT2D eigenvalue weighted by atomic mass is 10.0. The van der Waals surface area contributed by atoms with E-state index in [1.54, 1.807) is 0 Å². The zero-order valence-electron chi connectivity index (χ0n) is 20.1. The van der Waals surface area contributed by atoms with Gasteiger partial charge < -0.3 is 10.6 Å². The zero-order chi connectivity index (χ0) is 23.2. The van der Waals surface area contributed by atoms with Gasteiger partial charge in [0.1, 0.15) is 0 Å². The van der Waals surface area contributed by atoms with Gasteiger partial charge in [-0.25, -0.2) is 0 Å². The third-order valence-electron chi connectivity index (χ3n) is 7.23. The summed E-state index contributed by atoms with van der Waals surface area (Å²) in [5.41, 5.74) is 4.16. The molecule has 2 aliphatic carbocycles. The van der Waals surface area contributed by atoms with Crippen molar-refractivity contribution in [2.45, 2.75) is 71.6 Å². The lowest BCUT2D eigenvalue weighted by Gasteiger charge is -2.08. The monoisotopic (exact) mass is 446 g/mol. The Morgan fingerprint density at radius 1 is 0.697 bits per heavy atom. The molecule has 4 heteroatoms. The zero-order valence-corrected chi connectivity index (χ0v) is 20.1. The molecule has 2 fully saturated rings. The summed E-state index contributed by atoms with van der Waals surface area (Å²) in [7, 11) is 0. The SMILES string of the molecule is CCCCC1CC1C(=O)Nc1ccc(Cc2ccc(NC(=O)C3CC3CCCC)cc2)cc1. The van der Waals surface area contributed by atoms with Crippen LogP contribution in [0.4, 0.5) is 11.4 Å². The Labute approximate surface area is 198 Å². The molecule has 4 unspecified atom stereocenters. The van der Waals surface area contributed by atoms with Crippen LogP contribution >= 0.6 is 0 Å². The van der Waals surface area contributed by atoms with Gasteiger partial charge in [-0.1, -0.05) is 63.8 Å². The lowest BCUT2D eigenvalue weighted by Crippen LogP contribution is -2.14. The third kappa shape index (κ3) is 6.69. The highest BCUT2D eigenvalue weighted by molar-refractivity contribution is 5.95. The number of anilines is 2. The molecule has 2 aromatic carbocycles. The Bertz CT molecular complexity index is 858. The molecule has 0 heterocycles. The number of carbonyl (C=O) groups excluding carboxylic acids is 2. The van der Waals surface area contributed by atoms with Crippen LogP contribution in [0.1, 0.15) is 76.3 Å². The van der Waals surface area contributed by atoms with Gasteiger partial charge in [0.15, 0.2) is 0 Å². The van der Waals surface area contributed by atoms with Crippen LogP contribution < -0.4 is 10.6 Å². The summed E-state index contributed by atoms with van der Waals surface area (Å²) >= 11 is 0. The van der Waals surface area contributed by atoms with E-state index in [4.69, 9.17) is 0 Å². The highest BCUT2D eigenvalue weighted by atomic mass is 16.2. The van der Waals surface area contributed by atoms with E-state index in [9.17, 15) is 9.59 Å². The minimum atomic E-state index is 0.171. The summed E-state index contributed by atoms with van der Waals surface area (Å²) in [6, 6.07) is 16.3. The largest absolute Gasteiger partial charge is 0.326 e. The number of carbonyl (C=O) groups is 2. The summed E-state index contributed by atoms with van der Waals surface area (Å²) < 4.78 is 0.